The first-order valence-electron chi connectivity index (χ1n) is 7.43. The smallest absolute Gasteiger partial charge is 0.210 e. The van der Waals surface area contributed by atoms with Gasteiger partial charge in [0.1, 0.15) is 5.82 Å². The fourth-order valence-electron chi connectivity index (χ4n) is 2.96. The lowest BCUT2D eigenvalue weighted by Gasteiger charge is -2.34. The molecule has 0 atom stereocenters. The number of anilines is 1. The molecule has 0 aliphatic carbocycles. The van der Waals surface area contributed by atoms with E-state index in [0.29, 0.717) is 12.5 Å². The summed E-state index contributed by atoms with van der Waals surface area (Å²) in [6, 6.07) is 4.18. The molecule has 3 heterocycles. The maximum absolute atomic E-state index is 11.5. The molecule has 7 heteroatoms. The molecule has 0 saturated carbocycles. The van der Waals surface area contributed by atoms with Crippen molar-refractivity contribution in [1.82, 2.24) is 9.29 Å². The van der Waals surface area contributed by atoms with Crippen molar-refractivity contribution in [3.05, 3.63) is 23.7 Å². The van der Waals surface area contributed by atoms with Crippen molar-refractivity contribution in [2.24, 2.45) is 5.92 Å². The van der Waals surface area contributed by atoms with Gasteiger partial charge in [-0.25, -0.2) is 17.7 Å². The summed E-state index contributed by atoms with van der Waals surface area (Å²) in [5.41, 5.74) is 0. The largest absolute Gasteiger partial charge is 0.356 e. The second-order valence-electron chi connectivity index (χ2n) is 5.94. The molecule has 3 rings (SSSR count). The zero-order chi connectivity index (χ0) is 15.7. The average Bonchev–Trinajstić information content (AvgIpc) is 2.95. The standard InChI is InChI=1S/C15H21N3O2S2/c1-17(22(2,19)20)11-12-4-8-18(9-5-12)15-13-6-10-21-14(13)3-7-16-15/h3,6-7,10,12H,4-5,8-9,11H2,1-2H3. The van der Waals surface area contributed by atoms with Gasteiger partial charge >= 0.3 is 0 Å². The summed E-state index contributed by atoms with van der Waals surface area (Å²) in [5, 5.41) is 3.32. The fraction of sp³-hybridized carbons (Fsp3) is 0.533. The summed E-state index contributed by atoms with van der Waals surface area (Å²) < 4.78 is 25.8. The number of pyridine rings is 1. The minimum Gasteiger partial charge on any atom is -0.356 e. The summed E-state index contributed by atoms with van der Waals surface area (Å²) in [6.07, 6.45) is 5.14. The van der Waals surface area contributed by atoms with Crippen LogP contribution in [0.5, 0.6) is 0 Å². The number of nitrogens with zero attached hydrogens (tertiary/aromatic N) is 3. The molecule has 0 N–H and O–H groups in total. The van der Waals surface area contributed by atoms with E-state index in [1.807, 2.05) is 6.20 Å². The van der Waals surface area contributed by atoms with Crippen LogP contribution in [0.2, 0.25) is 0 Å². The number of hydrogen-bond acceptors (Lipinski definition) is 5. The highest BCUT2D eigenvalue weighted by molar-refractivity contribution is 7.88. The number of thiophene rings is 1. The fourth-order valence-corrected chi connectivity index (χ4v) is 4.22. The van der Waals surface area contributed by atoms with Crippen LogP contribution in [0.4, 0.5) is 5.82 Å². The molecular formula is C15H21N3O2S2. The lowest BCUT2D eigenvalue weighted by molar-refractivity contribution is 0.329. The zero-order valence-electron chi connectivity index (χ0n) is 12.9. The van der Waals surface area contributed by atoms with Crippen LogP contribution < -0.4 is 4.90 Å². The predicted molar refractivity (Wildman–Crippen MR) is 92.0 cm³/mol. The third-order valence-corrected chi connectivity index (χ3v) is 6.52. The van der Waals surface area contributed by atoms with Crippen LogP contribution in [0.25, 0.3) is 10.1 Å². The van der Waals surface area contributed by atoms with Crippen LogP contribution in [0.15, 0.2) is 23.7 Å². The Morgan fingerprint density at radius 2 is 2.09 bits per heavy atom. The zero-order valence-corrected chi connectivity index (χ0v) is 14.5. The van der Waals surface area contributed by atoms with E-state index in [4.69, 9.17) is 0 Å². The van der Waals surface area contributed by atoms with Gasteiger partial charge in [-0.15, -0.1) is 11.3 Å². The van der Waals surface area contributed by atoms with Crippen molar-refractivity contribution in [1.29, 1.82) is 0 Å². The van der Waals surface area contributed by atoms with Crippen molar-refractivity contribution in [2.45, 2.75) is 12.8 Å². The van der Waals surface area contributed by atoms with E-state index in [1.165, 1.54) is 20.6 Å². The molecule has 1 aliphatic heterocycles. The summed E-state index contributed by atoms with van der Waals surface area (Å²) in [5.74, 6) is 1.49. The van der Waals surface area contributed by atoms with Crippen LogP contribution in [-0.4, -0.2) is 50.6 Å². The Balaban J connectivity index is 1.66. The van der Waals surface area contributed by atoms with Gasteiger partial charge in [-0.1, -0.05) is 0 Å². The Bertz CT molecular complexity index is 749. The number of piperidine rings is 1. The summed E-state index contributed by atoms with van der Waals surface area (Å²) in [7, 11) is -1.42. The third-order valence-electron chi connectivity index (χ3n) is 4.35. The monoisotopic (exact) mass is 339 g/mol. The van der Waals surface area contributed by atoms with Crippen molar-refractivity contribution in [3.63, 3.8) is 0 Å². The predicted octanol–water partition coefficient (Wildman–Crippen LogP) is 2.40. The van der Waals surface area contributed by atoms with Gasteiger partial charge in [-0.3, -0.25) is 0 Å². The van der Waals surface area contributed by atoms with E-state index in [2.05, 4.69) is 27.4 Å². The molecule has 5 nitrogen and oxygen atoms in total. The van der Waals surface area contributed by atoms with Crippen LogP contribution >= 0.6 is 11.3 Å². The number of hydrogen-bond donors (Lipinski definition) is 0. The highest BCUT2D eigenvalue weighted by atomic mass is 32.2. The number of rotatable bonds is 4. The molecule has 0 radical (unpaired) electrons. The topological polar surface area (TPSA) is 53.5 Å². The highest BCUT2D eigenvalue weighted by Gasteiger charge is 2.24. The molecule has 2 aromatic heterocycles. The van der Waals surface area contributed by atoms with Crippen LogP contribution in [0.3, 0.4) is 0 Å². The van der Waals surface area contributed by atoms with Gasteiger partial charge in [0.15, 0.2) is 0 Å². The van der Waals surface area contributed by atoms with Crippen LogP contribution in [-0.2, 0) is 10.0 Å². The quantitative estimate of drug-likeness (QED) is 0.858. The molecule has 120 valence electrons. The first-order valence-corrected chi connectivity index (χ1v) is 10.2. The van der Waals surface area contributed by atoms with Crippen molar-refractivity contribution in [3.8, 4) is 0 Å². The molecule has 1 aliphatic rings. The summed E-state index contributed by atoms with van der Waals surface area (Å²) in [4.78, 5) is 6.88. The minimum atomic E-state index is -3.08. The lowest BCUT2D eigenvalue weighted by Crippen LogP contribution is -2.39. The lowest BCUT2D eigenvalue weighted by atomic mass is 9.96. The van der Waals surface area contributed by atoms with E-state index in [9.17, 15) is 8.42 Å². The SMILES string of the molecule is CN(CC1CCN(c2nccc3sccc23)CC1)S(C)(=O)=O. The molecular weight excluding hydrogens is 318 g/mol. The van der Waals surface area contributed by atoms with Gasteiger partial charge < -0.3 is 4.90 Å². The second-order valence-corrected chi connectivity index (χ2v) is 8.98. The molecule has 0 bridgehead atoms. The maximum atomic E-state index is 11.5. The van der Waals surface area contributed by atoms with E-state index in [1.54, 1.807) is 18.4 Å². The van der Waals surface area contributed by atoms with Gasteiger partial charge in [0.2, 0.25) is 10.0 Å². The van der Waals surface area contributed by atoms with Gasteiger partial charge in [-0.05, 0) is 36.3 Å². The molecule has 0 aromatic carbocycles. The average molecular weight is 339 g/mol. The minimum absolute atomic E-state index is 0.428. The van der Waals surface area contributed by atoms with E-state index < -0.39 is 10.0 Å². The molecule has 1 saturated heterocycles. The first-order chi connectivity index (χ1) is 10.4. The summed E-state index contributed by atoms with van der Waals surface area (Å²) in [6.45, 7) is 2.48. The Morgan fingerprint density at radius 3 is 2.77 bits per heavy atom. The molecule has 1 fully saturated rings. The van der Waals surface area contributed by atoms with Gasteiger partial charge in [0.25, 0.3) is 0 Å². The maximum Gasteiger partial charge on any atom is 0.210 e. The number of sulfonamides is 1. The van der Waals surface area contributed by atoms with Gasteiger partial charge in [0, 0.05) is 43.0 Å². The molecule has 22 heavy (non-hydrogen) atoms. The van der Waals surface area contributed by atoms with Crippen LogP contribution in [0.1, 0.15) is 12.8 Å². The normalized spacial score (nSPS) is 17.5. The molecule has 0 spiro atoms. The molecule has 2 aromatic rings. The number of fused-ring (bicyclic) bond motifs is 1. The Hall–Kier alpha value is -1.18. The van der Waals surface area contributed by atoms with E-state index >= 15 is 0 Å². The first kappa shape index (κ1) is 15.7. The Labute approximate surface area is 135 Å². The highest BCUT2D eigenvalue weighted by Crippen LogP contribution is 2.31. The van der Waals surface area contributed by atoms with Crippen molar-refractivity contribution >= 4 is 37.3 Å². The van der Waals surface area contributed by atoms with Crippen LogP contribution in [0, 0.1) is 5.92 Å². The summed E-state index contributed by atoms with van der Waals surface area (Å²) >= 11 is 1.74. The van der Waals surface area contributed by atoms with E-state index in [-0.39, 0.29) is 0 Å². The Kier molecular flexibility index (Phi) is 4.38. The second kappa shape index (κ2) is 6.14. The molecule has 0 amide bonds. The number of aromatic nitrogens is 1. The van der Waals surface area contributed by atoms with Gasteiger partial charge in [0.05, 0.1) is 6.26 Å². The molecule has 0 unspecified atom stereocenters. The van der Waals surface area contributed by atoms with E-state index in [0.717, 1.165) is 31.7 Å². The third kappa shape index (κ3) is 3.26. The van der Waals surface area contributed by atoms with Gasteiger partial charge in [-0.2, -0.15) is 0 Å². The Morgan fingerprint density at radius 1 is 1.36 bits per heavy atom. The van der Waals surface area contributed by atoms with Crippen molar-refractivity contribution in [2.75, 3.05) is 37.8 Å². The van der Waals surface area contributed by atoms with Crippen molar-refractivity contribution < 1.29 is 8.42 Å².